The van der Waals surface area contributed by atoms with E-state index in [1.54, 1.807) is 18.2 Å². The maximum absolute atomic E-state index is 13.2. The molecule has 1 atom stereocenters. The number of halogens is 1. The zero-order chi connectivity index (χ0) is 11.8. The van der Waals surface area contributed by atoms with Crippen LogP contribution in [0.25, 0.3) is 0 Å². The molecule has 1 nitrogen and oxygen atoms in total. The van der Waals surface area contributed by atoms with E-state index in [4.69, 9.17) is 0 Å². The normalized spacial score (nSPS) is 12.4. The van der Waals surface area contributed by atoms with Gasteiger partial charge in [0.1, 0.15) is 5.82 Å². The molecule has 0 heterocycles. The molecule has 0 aliphatic rings. The van der Waals surface area contributed by atoms with Gasteiger partial charge in [-0.05, 0) is 31.4 Å². The van der Waals surface area contributed by atoms with Crippen LogP contribution in [0.5, 0.6) is 0 Å². The number of rotatable bonds is 7. The smallest absolute Gasteiger partial charge is 0.136 e. The van der Waals surface area contributed by atoms with E-state index >= 15 is 0 Å². The number of unbranched alkanes of at least 4 members (excludes halogenated alkanes) is 1. The van der Waals surface area contributed by atoms with Gasteiger partial charge in [0.2, 0.25) is 0 Å². The second kappa shape index (κ2) is 7.47. The maximum atomic E-state index is 13.2. The molecule has 0 saturated heterocycles. The van der Waals surface area contributed by atoms with Crippen LogP contribution < -0.4 is 0 Å². The molecule has 0 amide bonds. The van der Waals surface area contributed by atoms with Gasteiger partial charge in [0, 0.05) is 10.6 Å². The second-order valence-electron chi connectivity index (χ2n) is 3.61. The van der Waals surface area contributed by atoms with Crippen LogP contribution in [0.1, 0.15) is 19.3 Å². The molecule has 0 bridgehead atoms. The second-order valence-corrected chi connectivity index (χ2v) is 4.68. The highest BCUT2D eigenvalue weighted by Crippen LogP contribution is 2.22. The number of hydrogen-bond donors (Lipinski definition) is 1. The van der Waals surface area contributed by atoms with Crippen LogP contribution in [0.15, 0.2) is 41.8 Å². The highest BCUT2D eigenvalue weighted by atomic mass is 32.2. The number of benzene rings is 1. The molecule has 16 heavy (non-hydrogen) atoms. The highest BCUT2D eigenvalue weighted by molar-refractivity contribution is 7.99. The van der Waals surface area contributed by atoms with E-state index in [2.05, 4.69) is 6.58 Å². The number of allylic oxidation sites excluding steroid dienone is 1. The predicted molar refractivity (Wildman–Crippen MR) is 67.2 cm³/mol. The number of thioether (sulfide) groups is 1. The van der Waals surface area contributed by atoms with Crippen LogP contribution in [-0.4, -0.2) is 17.0 Å². The van der Waals surface area contributed by atoms with Crippen molar-refractivity contribution in [2.75, 3.05) is 5.75 Å². The average molecular weight is 240 g/mol. The summed E-state index contributed by atoms with van der Waals surface area (Å²) in [4.78, 5) is 0.602. The van der Waals surface area contributed by atoms with Crippen LogP contribution in [0.4, 0.5) is 4.39 Å². The van der Waals surface area contributed by atoms with Crippen molar-refractivity contribution in [3.05, 3.63) is 42.7 Å². The third kappa shape index (κ3) is 4.81. The predicted octanol–water partition coefficient (Wildman–Crippen LogP) is 3.64. The van der Waals surface area contributed by atoms with Gasteiger partial charge in [-0.3, -0.25) is 0 Å². The van der Waals surface area contributed by atoms with Crippen molar-refractivity contribution < 1.29 is 9.50 Å². The van der Waals surface area contributed by atoms with Gasteiger partial charge in [0.15, 0.2) is 0 Å². The van der Waals surface area contributed by atoms with Crippen molar-refractivity contribution in [2.45, 2.75) is 30.3 Å². The number of aliphatic hydroxyl groups excluding tert-OH is 1. The summed E-state index contributed by atoms with van der Waals surface area (Å²) in [5.74, 6) is 0.323. The molecule has 0 aliphatic carbocycles. The summed E-state index contributed by atoms with van der Waals surface area (Å²) >= 11 is 1.36. The van der Waals surface area contributed by atoms with Crippen LogP contribution in [-0.2, 0) is 0 Å². The Morgan fingerprint density at radius 2 is 2.19 bits per heavy atom. The summed E-state index contributed by atoms with van der Waals surface area (Å²) in [7, 11) is 0. The van der Waals surface area contributed by atoms with Crippen molar-refractivity contribution in [2.24, 2.45) is 0 Å². The van der Waals surface area contributed by atoms with E-state index in [0.717, 1.165) is 19.3 Å². The Labute approximate surface area is 100 Å². The molecule has 1 N–H and O–H groups in total. The monoisotopic (exact) mass is 240 g/mol. The summed E-state index contributed by atoms with van der Waals surface area (Å²) in [6.07, 6.45) is 4.07. The van der Waals surface area contributed by atoms with E-state index < -0.39 is 0 Å². The fourth-order valence-corrected chi connectivity index (χ4v) is 2.25. The first-order chi connectivity index (χ1) is 7.74. The fourth-order valence-electron chi connectivity index (χ4n) is 1.33. The topological polar surface area (TPSA) is 20.2 Å². The molecular formula is C13H17FOS. The molecule has 0 aliphatic heterocycles. The van der Waals surface area contributed by atoms with Crippen molar-refractivity contribution in [3.63, 3.8) is 0 Å². The van der Waals surface area contributed by atoms with Gasteiger partial charge in [-0.1, -0.05) is 18.2 Å². The fraction of sp³-hybridized carbons (Fsp3) is 0.385. The zero-order valence-electron chi connectivity index (χ0n) is 9.23. The van der Waals surface area contributed by atoms with E-state index in [1.165, 1.54) is 17.8 Å². The first kappa shape index (κ1) is 13.3. The Bertz CT molecular complexity index is 327. The summed E-state index contributed by atoms with van der Waals surface area (Å²) in [5, 5.41) is 9.65. The lowest BCUT2D eigenvalue weighted by Gasteiger charge is -2.09. The SMILES string of the molecule is C=CCCCC(O)CSc1ccccc1F. The summed E-state index contributed by atoms with van der Waals surface area (Å²) in [6, 6.07) is 6.64. The average Bonchev–Trinajstić information content (AvgIpc) is 2.28. The Morgan fingerprint density at radius 3 is 2.88 bits per heavy atom. The Balaban J connectivity index is 2.28. The summed E-state index contributed by atoms with van der Waals surface area (Å²) < 4.78 is 13.2. The Hall–Kier alpha value is -0.800. The highest BCUT2D eigenvalue weighted by Gasteiger charge is 2.06. The van der Waals surface area contributed by atoms with Crippen LogP contribution in [0.3, 0.4) is 0 Å². The molecule has 0 radical (unpaired) electrons. The van der Waals surface area contributed by atoms with E-state index in [-0.39, 0.29) is 11.9 Å². The van der Waals surface area contributed by atoms with E-state index in [9.17, 15) is 9.50 Å². The summed E-state index contributed by atoms with van der Waals surface area (Å²) in [5.41, 5.74) is 0. The number of hydrogen-bond acceptors (Lipinski definition) is 2. The van der Waals surface area contributed by atoms with Crippen LogP contribution in [0, 0.1) is 5.82 Å². The van der Waals surface area contributed by atoms with Crippen molar-refractivity contribution in [3.8, 4) is 0 Å². The Morgan fingerprint density at radius 1 is 1.44 bits per heavy atom. The largest absolute Gasteiger partial charge is 0.392 e. The van der Waals surface area contributed by atoms with Gasteiger partial charge in [-0.25, -0.2) is 4.39 Å². The molecule has 1 rings (SSSR count). The van der Waals surface area contributed by atoms with E-state index in [1.807, 2.05) is 6.08 Å². The molecule has 0 aromatic heterocycles. The molecule has 0 spiro atoms. The van der Waals surface area contributed by atoms with Gasteiger partial charge >= 0.3 is 0 Å². The molecular weight excluding hydrogens is 223 g/mol. The van der Waals surface area contributed by atoms with Gasteiger partial charge in [0.25, 0.3) is 0 Å². The van der Waals surface area contributed by atoms with Gasteiger partial charge in [-0.15, -0.1) is 18.3 Å². The molecule has 1 aromatic rings. The molecule has 3 heteroatoms. The first-order valence-electron chi connectivity index (χ1n) is 5.40. The molecule has 0 fully saturated rings. The van der Waals surface area contributed by atoms with Crippen LogP contribution >= 0.6 is 11.8 Å². The standard InChI is InChI=1S/C13H17FOS/c1-2-3-4-7-11(15)10-16-13-9-6-5-8-12(13)14/h2,5-6,8-9,11,15H,1,3-4,7,10H2. The summed E-state index contributed by atoms with van der Waals surface area (Å²) in [6.45, 7) is 3.63. The lowest BCUT2D eigenvalue weighted by Crippen LogP contribution is -2.09. The van der Waals surface area contributed by atoms with Gasteiger partial charge in [0.05, 0.1) is 6.10 Å². The Kier molecular flexibility index (Phi) is 6.19. The minimum Gasteiger partial charge on any atom is -0.392 e. The van der Waals surface area contributed by atoms with Crippen molar-refractivity contribution >= 4 is 11.8 Å². The van der Waals surface area contributed by atoms with Gasteiger partial charge in [-0.2, -0.15) is 0 Å². The third-order valence-corrected chi connectivity index (χ3v) is 3.41. The van der Waals surface area contributed by atoms with Crippen LogP contribution in [0.2, 0.25) is 0 Å². The first-order valence-corrected chi connectivity index (χ1v) is 6.39. The molecule has 1 unspecified atom stereocenters. The minimum absolute atomic E-state index is 0.217. The van der Waals surface area contributed by atoms with Crippen molar-refractivity contribution in [1.29, 1.82) is 0 Å². The minimum atomic E-state index is -0.371. The quantitative estimate of drug-likeness (QED) is 0.446. The van der Waals surface area contributed by atoms with Crippen molar-refractivity contribution in [1.82, 2.24) is 0 Å². The third-order valence-electron chi connectivity index (χ3n) is 2.21. The number of aliphatic hydroxyl groups is 1. The van der Waals surface area contributed by atoms with E-state index in [0.29, 0.717) is 10.6 Å². The maximum Gasteiger partial charge on any atom is 0.136 e. The lowest BCUT2D eigenvalue weighted by atomic mass is 10.2. The van der Waals surface area contributed by atoms with Gasteiger partial charge < -0.3 is 5.11 Å². The lowest BCUT2D eigenvalue weighted by molar-refractivity contribution is 0.186. The molecule has 0 saturated carbocycles. The molecule has 1 aromatic carbocycles. The zero-order valence-corrected chi connectivity index (χ0v) is 10.0. The molecule has 88 valence electrons.